The molecule has 0 radical (unpaired) electrons. The summed E-state index contributed by atoms with van der Waals surface area (Å²) in [7, 11) is 0. The third-order valence-corrected chi connectivity index (χ3v) is 5.76. The zero-order valence-electron chi connectivity index (χ0n) is 12.7. The van der Waals surface area contributed by atoms with Crippen molar-refractivity contribution in [1.82, 2.24) is 0 Å². The second-order valence-corrected chi connectivity index (χ2v) is 7.01. The monoisotopic (exact) mass is 359 g/mol. The first kappa shape index (κ1) is 15.6. The lowest BCUT2D eigenvalue weighted by molar-refractivity contribution is 0.0696. The summed E-state index contributed by atoms with van der Waals surface area (Å²) in [5.41, 5.74) is 3.28. The summed E-state index contributed by atoms with van der Waals surface area (Å²) < 4.78 is 0. The Hall–Kier alpha value is -1.97. The van der Waals surface area contributed by atoms with Crippen LogP contribution < -0.4 is 5.32 Å². The molecule has 2 aromatic carbocycles. The molecule has 0 aromatic heterocycles. The molecule has 3 atom stereocenters. The van der Waals surface area contributed by atoms with E-state index in [4.69, 9.17) is 23.2 Å². The predicted molar refractivity (Wildman–Crippen MR) is 96.2 cm³/mol. The van der Waals surface area contributed by atoms with Gasteiger partial charge in [0.25, 0.3) is 0 Å². The van der Waals surface area contributed by atoms with Gasteiger partial charge in [-0.25, -0.2) is 4.79 Å². The van der Waals surface area contributed by atoms with Gasteiger partial charge in [0.1, 0.15) is 0 Å². The molecule has 3 unspecified atom stereocenters. The van der Waals surface area contributed by atoms with Crippen LogP contribution in [0.5, 0.6) is 0 Å². The lowest BCUT2D eigenvalue weighted by Crippen LogP contribution is -2.29. The van der Waals surface area contributed by atoms with Gasteiger partial charge in [0.15, 0.2) is 0 Å². The molecule has 2 N–H and O–H groups in total. The second-order valence-electron chi connectivity index (χ2n) is 6.23. The molecule has 0 bridgehead atoms. The number of anilines is 1. The highest BCUT2D eigenvalue weighted by Crippen LogP contribution is 2.51. The van der Waals surface area contributed by atoms with E-state index >= 15 is 0 Å². The van der Waals surface area contributed by atoms with Gasteiger partial charge in [-0.2, -0.15) is 0 Å². The number of fused-ring (bicyclic) bond motifs is 3. The van der Waals surface area contributed by atoms with Crippen molar-refractivity contribution in [3.63, 3.8) is 0 Å². The van der Waals surface area contributed by atoms with E-state index in [0.29, 0.717) is 15.6 Å². The highest BCUT2D eigenvalue weighted by atomic mass is 35.5. The van der Waals surface area contributed by atoms with Crippen LogP contribution in [0.3, 0.4) is 0 Å². The normalized spacial score (nSPS) is 24.2. The Morgan fingerprint density at radius 3 is 2.79 bits per heavy atom. The Kier molecular flexibility index (Phi) is 3.78. The van der Waals surface area contributed by atoms with E-state index < -0.39 is 5.97 Å². The van der Waals surface area contributed by atoms with Gasteiger partial charge >= 0.3 is 5.97 Å². The van der Waals surface area contributed by atoms with Crippen LogP contribution in [-0.4, -0.2) is 11.1 Å². The van der Waals surface area contributed by atoms with Crippen molar-refractivity contribution in [2.75, 3.05) is 5.32 Å². The molecule has 2 aliphatic rings. The first-order chi connectivity index (χ1) is 11.6. The van der Waals surface area contributed by atoms with Gasteiger partial charge < -0.3 is 10.4 Å². The van der Waals surface area contributed by atoms with Crippen molar-refractivity contribution in [1.29, 1.82) is 0 Å². The van der Waals surface area contributed by atoms with E-state index in [-0.39, 0.29) is 17.9 Å². The molecular weight excluding hydrogens is 345 g/mol. The summed E-state index contributed by atoms with van der Waals surface area (Å²) in [6, 6.07) is 11.0. The van der Waals surface area contributed by atoms with Crippen LogP contribution in [0, 0.1) is 5.92 Å². The fourth-order valence-corrected chi connectivity index (χ4v) is 4.22. The molecule has 0 fully saturated rings. The van der Waals surface area contributed by atoms with Gasteiger partial charge in [0.2, 0.25) is 0 Å². The summed E-state index contributed by atoms with van der Waals surface area (Å²) in [6.07, 6.45) is 5.24. The quantitative estimate of drug-likeness (QED) is 0.694. The molecule has 4 rings (SSSR count). The van der Waals surface area contributed by atoms with Crippen LogP contribution in [0.1, 0.15) is 39.9 Å². The van der Waals surface area contributed by atoms with Crippen molar-refractivity contribution in [2.45, 2.75) is 18.4 Å². The first-order valence-electron chi connectivity index (χ1n) is 7.80. The van der Waals surface area contributed by atoms with E-state index in [1.54, 1.807) is 18.2 Å². The van der Waals surface area contributed by atoms with Crippen LogP contribution in [-0.2, 0) is 0 Å². The number of halogens is 2. The van der Waals surface area contributed by atoms with Crippen molar-refractivity contribution < 1.29 is 9.90 Å². The van der Waals surface area contributed by atoms with Gasteiger partial charge in [-0.15, -0.1) is 0 Å². The fraction of sp³-hybridized carbons (Fsp3) is 0.211. The maximum atomic E-state index is 11.3. The molecule has 0 saturated heterocycles. The average Bonchev–Trinajstić information content (AvgIpc) is 3.06. The van der Waals surface area contributed by atoms with Gasteiger partial charge in [0, 0.05) is 11.6 Å². The van der Waals surface area contributed by atoms with E-state index in [1.165, 1.54) is 0 Å². The minimum Gasteiger partial charge on any atom is -0.478 e. The molecule has 1 aliphatic heterocycles. The van der Waals surface area contributed by atoms with Crippen molar-refractivity contribution in [3.8, 4) is 0 Å². The summed E-state index contributed by atoms with van der Waals surface area (Å²) in [5.74, 6) is -0.436. The number of carbonyl (C=O) groups is 1. The van der Waals surface area contributed by atoms with Crippen LogP contribution in [0.4, 0.5) is 5.69 Å². The summed E-state index contributed by atoms with van der Waals surface area (Å²) >= 11 is 12.6. The van der Waals surface area contributed by atoms with Gasteiger partial charge in [-0.3, -0.25) is 0 Å². The highest BCUT2D eigenvalue weighted by molar-refractivity contribution is 6.42. The molecule has 0 amide bonds. The minimum absolute atomic E-state index is 0.0411. The molecule has 1 heterocycles. The van der Waals surface area contributed by atoms with E-state index in [1.807, 2.05) is 18.2 Å². The number of hydrogen-bond acceptors (Lipinski definition) is 2. The summed E-state index contributed by atoms with van der Waals surface area (Å²) in [5, 5.41) is 13.9. The molecule has 2 aromatic rings. The number of aromatic carboxylic acids is 1. The van der Waals surface area contributed by atoms with Gasteiger partial charge in [-0.05, 0) is 47.7 Å². The molecule has 0 saturated carbocycles. The molecular formula is C19H15Cl2NO2. The SMILES string of the molecule is O=C(O)c1ccc2c(c1)C1C=CCC1C(c1cccc(Cl)c1Cl)N2. The Balaban J connectivity index is 1.81. The van der Waals surface area contributed by atoms with Crippen LogP contribution in [0.2, 0.25) is 10.0 Å². The molecule has 3 nitrogen and oxygen atoms in total. The highest BCUT2D eigenvalue weighted by Gasteiger charge is 2.39. The molecule has 122 valence electrons. The van der Waals surface area contributed by atoms with Crippen molar-refractivity contribution >= 4 is 34.9 Å². The molecule has 5 heteroatoms. The largest absolute Gasteiger partial charge is 0.478 e. The Morgan fingerprint density at radius 1 is 1.17 bits per heavy atom. The number of rotatable bonds is 2. The Labute approximate surface area is 149 Å². The van der Waals surface area contributed by atoms with Gasteiger partial charge in [-0.1, -0.05) is 47.5 Å². The third kappa shape index (κ3) is 2.40. The standard InChI is InChI=1S/C19H15Cl2NO2/c20-15-6-2-5-13(17(15)21)18-12-4-1-3-11(12)14-9-10(19(23)24)7-8-16(14)22-18/h1-3,5-9,11-12,18,22H,4H2,(H,23,24). The molecule has 24 heavy (non-hydrogen) atoms. The predicted octanol–water partition coefficient (Wildman–Crippen LogP) is 5.52. The van der Waals surface area contributed by atoms with Gasteiger partial charge in [0.05, 0.1) is 21.7 Å². The number of hydrogen-bond donors (Lipinski definition) is 2. The summed E-state index contributed by atoms with van der Waals surface area (Å²) in [6.45, 7) is 0. The van der Waals surface area contributed by atoms with E-state index in [2.05, 4.69) is 17.5 Å². The van der Waals surface area contributed by atoms with E-state index in [0.717, 1.165) is 23.2 Å². The fourth-order valence-electron chi connectivity index (χ4n) is 3.80. The number of carboxylic acids is 1. The first-order valence-corrected chi connectivity index (χ1v) is 8.56. The number of benzene rings is 2. The van der Waals surface area contributed by atoms with E-state index in [9.17, 15) is 9.90 Å². The Morgan fingerprint density at radius 2 is 2.00 bits per heavy atom. The number of allylic oxidation sites excluding steroid dienone is 2. The van der Waals surface area contributed by atoms with Crippen molar-refractivity contribution in [2.24, 2.45) is 5.92 Å². The molecule has 1 aliphatic carbocycles. The maximum absolute atomic E-state index is 11.3. The molecule has 0 spiro atoms. The lowest BCUT2D eigenvalue weighted by atomic mass is 9.76. The lowest BCUT2D eigenvalue weighted by Gasteiger charge is -2.38. The topological polar surface area (TPSA) is 49.3 Å². The zero-order valence-corrected chi connectivity index (χ0v) is 14.2. The maximum Gasteiger partial charge on any atom is 0.335 e. The van der Waals surface area contributed by atoms with Crippen molar-refractivity contribution in [3.05, 3.63) is 75.3 Å². The smallest absolute Gasteiger partial charge is 0.335 e. The Bertz CT molecular complexity index is 862. The number of nitrogens with one attached hydrogen (secondary N) is 1. The minimum atomic E-state index is -0.906. The number of carboxylic acid groups (broad SMARTS) is 1. The zero-order chi connectivity index (χ0) is 16.8. The second kappa shape index (κ2) is 5.83. The van der Waals surface area contributed by atoms with Crippen LogP contribution in [0.15, 0.2) is 48.6 Å². The average molecular weight is 360 g/mol. The summed E-state index contributed by atoms with van der Waals surface area (Å²) in [4.78, 5) is 11.3. The van der Waals surface area contributed by atoms with Crippen LogP contribution in [0.25, 0.3) is 0 Å². The third-order valence-electron chi connectivity index (χ3n) is 4.93. The van der Waals surface area contributed by atoms with Crippen LogP contribution >= 0.6 is 23.2 Å².